The van der Waals surface area contributed by atoms with Gasteiger partial charge in [0.2, 0.25) is 0 Å². The van der Waals surface area contributed by atoms with E-state index in [9.17, 15) is 4.79 Å². The molecule has 1 aliphatic heterocycles. The van der Waals surface area contributed by atoms with Crippen molar-refractivity contribution < 1.29 is 14.3 Å². The maximum Gasteiger partial charge on any atom is 0.317 e. The highest BCUT2D eigenvalue weighted by Crippen LogP contribution is 2.33. The average Bonchev–Trinajstić information content (AvgIpc) is 3.33. The maximum absolute atomic E-state index is 12.5. The summed E-state index contributed by atoms with van der Waals surface area (Å²) >= 11 is 0. The van der Waals surface area contributed by atoms with Gasteiger partial charge in [-0.1, -0.05) is 25.0 Å². The number of rotatable bonds is 7. The Bertz CT molecular complexity index is 558. The van der Waals surface area contributed by atoms with E-state index in [2.05, 4.69) is 11.4 Å². The number of likely N-dealkylation sites (tertiary alicyclic amines) is 1. The summed E-state index contributed by atoms with van der Waals surface area (Å²) < 4.78 is 11.2. The summed E-state index contributed by atoms with van der Waals surface area (Å²) in [6.07, 6.45) is 8.35. The first-order chi connectivity index (χ1) is 12.3. The molecule has 3 rings (SSSR count). The zero-order valence-electron chi connectivity index (χ0n) is 15.2. The molecule has 1 unspecified atom stereocenters. The van der Waals surface area contributed by atoms with Crippen molar-refractivity contribution in [1.29, 1.82) is 0 Å². The van der Waals surface area contributed by atoms with Gasteiger partial charge in [0.1, 0.15) is 5.75 Å². The monoisotopic (exact) mass is 346 g/mol. The molecule has 25 heavy (non-hydrogen) atoms. The van der Waals surface area contributed by atoms with Crippen LogP contribution in [0.25, 0.3) is 0 Å². The first kappa shape index (κ1) is 18.1. The third-order valence-electron chi connectivity index (χ3n) is 5.25. The maximum atomic E-state index is 12.5. The molecule has 1 heterocycles. The molecule has 1 atom stereocenters. The highest BCUT2D eigenvalue weighted by molar-refractivity contribution is 5.75. The van der Waals surface area contributed by atoms with Gasteiger partial charge in [0.05, 0.1) is 19.3 Å². The fourth-order valence-electron chi connectivity index (χ4n) is 3.88. The normalized spacial score (nSPS) is 20.8. The van der Waals surface area contributed by atoms with E-state index in [0.717, 1.165) is 43.7 Å². The number of carbonyl (C=O) groups is 1. The second kappa shape index (κ2) is 9.09. The SMILES string of the molecule is COc1cccc(C2CCCN2C(=O)NCCCOC2CCCC2)c1. The number of benzene rings is 1. The minimum atomic E-state index is 0.0335. The zero-order chi connectivity index (χ0) is 17.5. The van der Waals surface area contributed by atoms with Gasteiger partial charge in [0, 0.05) is 19.7 Å². The van der Waals surface area contributed by atoms with Gasteiger partial charge in [-0.05, 0) is 49.8 Å². The topological polar surface area (TPSA) is 50.8 Å². The molecule has 1 aliphatic carbocycles. The Hall–Kier alpha value is -1.75. The lowest BCUT2D eigenvalue weighted by molar-refractivity contribution is 0.0570. The molecule has 0 spiro atoms. The van der Waals surface area contributed by atoms with Gasteiger partial charge in [-0.3, -0.25) is 0 Å². The highest BCUT2D eigenvalue weighted by atomic mass is 16.5. The van der Waals surface area contributed by atoms with Crippen molar-refractivity contribution in [2.24, 2.45) is 0 Å². The van der Waals surface area contributed by atoms with Crippen LogP contribution in [-0.4, -0.2) is 43.8 Å². The summed E-state index contributed by atoms with van der Waals surface area (Å²) in [5.41, 5.74) is 1.15. The van der Waals surface area contributed by atoms with Crippen LogP contribution in [0.15, 0.2) is 24.3 Å². The summed E-state index contributed by atoms with van der Waals surface area (Å²) in [6.45, 7) is 2.23. The number of hydrogen-bond acceptors (Lipinski definition) is 3. The van der Waals surface area contributed by atoms with E-state index in [-0.39, 0.29) is 12.1 Å². The van der Waals surface area contributed by atoms with E-state index in [1.807, 2.05) is 23.1 Å². The Morgan fingerprint density at radius 2 is 2.08 bits per heavy atom. The van der Waals surface area contributed by atoms with Crippen LogP contribution >= 0.6 is 0 Å². The van der Waals surface area contributed by atoms with Crippen LogP contribution in [0.2, 0.25) is 0 Å². The number of carbonyl (C=O) groups excluding carboxylic acids is 1. The van der Waals surface area contributed by atoms with E-state index in [1.165, 1.54) is 25.7 Å². The quantitative estimate of drug-likeness (QED) is 0.762. The van der Waals surface area contributed by atoms with Crippen molar-refractivity contribution in [3.05, 3.63) is 29.8 Å². The van der Waals surface area contributed by atoms with Crippen molar-refractivity contribution in [3.8, 4) is 5.75 Å². The fourth-order valence-corrected chi connectivity index (χ4v) is 3.88. The Labute approximate surface area is 150 Å². The number of nitrogens with zero attached hydrogens (tertiary/aromatic N) is 1. The lowest BCUT2D eigenvalue weighted by Crippen LogP contribution is -2.40. The summed E-state index contributed by atoms with van der Waals surface area (Å²) in [5.74, 6) is 0.841. The molecule has 0 bridgehead atoms. The van der Waals surface area contributed by atoms with Gasteiger partial charge >= 0.3 is 6.03 Å². The molecular weight excluding hydrogens is 316 g/mol. The van der Waals surface area contributed by atoms with Crippen LogP contribution in [0.3, 0.4) is 0 Å². The van der Waals surface area contributed by atoms with Gasteiger partial charge in [0.15, 0.2) is 0 Å². The summed E-state index contributed by atoms with van der Waals surface area (Å²) in [7, 11) is 1.67. The van der Waals surface area contributed by atoms with Gasteiger partial charge in [0.25, 0.3) is 0 Å². The van der Waals surface area contributed by atoms with Crippen LogP contribution < -0.4 is 10.1 Å². The second-order valence-corrected chi connectivity index (χ2v) is 6.99. The number of hydrogen-bond donors (Lipinski definition) is 1. The predicted molar refractivity (Wildman–Crippen MR) is 97.9 cm³/mol. The van der Waals surface area contributed by atoms with Crippen molar-refractivity contribution in [2.75, 3.05) is 26.8 Å². The predicted octanol–water partition coefficient (Wildman–Crippen LogP) is 3.89. The lowest BCUT2D eigenvalue weighted by atomic mass is 10.0. The average molecular weight is 346 g/mol. The summed E-state index contributed by atoms with van der Waals surface area (Å²) in [4.78, 5) is 14.5. The van der Waals surface area contributed by atoms with E-state index in [1.54, 1.807) is 7.11 Å². The molecule has 1 saturated heterocycles. The molecule has 0 aromatic heterocycles. The Morgan fingerprint density at radius 1 is 1.24 bits per heavy atom. The number of ether oxygens (including phenoxy) is 2. The molecule has 5 nitrogen and oxygen atoms in total. The van der Waals surface area contributed by atoms with Gasteiger partial charge in [-0.15, -0.1) is 0 Å². The van der Waals surface area contributed by atoms with Crippen molar-refractivity contribution >= 4 is 6.03 Å². The molecule has 1 N–H and O–H groups in total. The molecule has 2 amide bonds. The third-order valence-corrected chi connectivity index (χ3v) is 5.25. The smallest absolute Gasteiger partial charge is 0.317 e. The van der Waals surface area contributed by atoms with Crippen molar-refractivity contribution in [2.45, 2.75) is 57.1 Å². The van der Waals surface area contributed by atoms with Crippen LogP contribution in [0.1, 0.15) is 56.6 Å². The molecule has 1 aromatic carbocycles. The van der Waals surface area contributed by atoms with Gasteiger partial charge in [-0.2, -0.15) is 0 Å². The number of methoxy groups -OCH3 is 1. The van der Waals surface area contributed by atoms with Crippen LogP contribution in [0, 0.1) is 0 Å². The summed E-state index contributed by atoms with van der Waals surface area (Å²) in [6, 6.07) is 8.21. The molecule has 1 aromatic rings. The molecule has 2 fully saturated rings. The van der Waals surface area contributed by atoms with E-state index in [4.69, 9.17) is 9.47 Å². The minimum absolute atomic E-state index is 0.0335. The largest absolute Gasteiger partial charge is 0.497 e. The van der Waals surface area contributed by atoms with Crippen LogP contribution in [0.5, 0.6) is 5.75 Å². The molecule has 138 valence electrons. The Kier molecular flexibility index (Phi) is 6.56. The molecule has 2 aliphatic rings. The molecule has 5 heteroatoms. The van der Waals surface area contributed by atoms with Gasteiger partial charge in [-0.25, -0.2) is 4.79 Å². The third kappa shape index (κ3) is 4.88. The molecule has 1 saturated carbocycles. The van der Waals surface area contributed by atoms with E-state index < -0.39 is 0 Å². The van der Waals surface area contributed by atoms with Crippen LogP contribution in [0.4, 0.5) is 4.79 Å². The zero-order valence-corrected chi connectivity index (χ0v) is 15.2. The van der Waals surface area contributed by atoms with Crippen molar-refractivity contribution in [1.82, 2.24) is 10.2 Å². The summed E-state index contributed by atoms with van der Waals surface area (Å²) in [5, 5.41) is 3.05. The number of nitrogens with one attached hydrogen (secondary N) is 1. The first-order valence-electron chi connectivity index (χ1n) is 9.58. The van der Waals surface area contributed by atoms with Gasteiger partial charge < -0.3 is 19.7 Å². The molecular formula is C20H30N2O3. The second-order valence-electron chi connectivity index (χ2n) is 6.99. The van der Waals surface area contributed by atoms with Crippen molar-refractivity contribution in [3.63, 3.8) is 0 Å². The number of amides is 2. The van der Waals surface area contributed by atoms with E-state index >= 15 is 0 Å². The lowest BCUT2D eigenvalue weighted by Gasteiger charge is -2.25. The minimum Gasteiger partial charge on any atom is -0.497 e. The standard InChI is InChI=1S/C20H30N2O3/c1-24-18-10-4-7-16(15-18)19-11-5-13-22(19)20(23)21-12-6-14-25-17-8-2-3-9-17/h4,7,10,15,17,19H,2-3,5-6,8-9,11-14H2,1H3,(H,21,23). The van der Waals surface area contributed by atoms with E-state index in [0.29, 0.717) is 12.6 Å². The fraction of sp³-hybridized carbons (Fsp3) is 0.650. The highest BCUT2D eigenvalue weighted by Gasteiger charge is 2.29. The Balaban J connectivity index is 1.44. The van der Waals surface area contributed by atoms with Crippen LogP contribution in [-0.2, 0) is 4.74 Å². The first-order valence-corrected chi connectivity index (χ1v) is 9.58. The molecule has 0 radical (unpaired) electrons. The Morgan fingerprint density at radius 3 is 2.88 bits per heavy atom. The number of urea groups is 1.